The van der Waals surface area contributed by atoms with Crippen LogP contribution in [0.3, 0.4) is 0 Å². The van der Waals surface area contributed by atoms with E-state index in [1.807, 2.05) is 52.0 Å². The predicted octanol–water partition coefficient (Wildman–Crippen LogP) is 2.34. The molecule has 0 unspecified atom stereocenters. The van der Waals surface area contributed by atoms with Crippen LogP contribution >= 0.6 is 0 Å². The number of carbonyl (C=O) groups excluding carboxylic acids is 3. The lowest BCUT2D eigenvalue weighted by Gasteiger charge is -2.36. The largest absolute Gasteiger partial charge is 0.374 e. The number of hydrogen-bond donors (Lipinski definition) is 1. The smallest absolute Gasteiger partial charge is 0.251 e. The lowest BCUT2D eigenvalue weighted by Crippen LogP contribution is -2.53. The van der Waals surface area contributed by atoms with Gasteiger partial charge in [-0.2, -0.15) is 0 Å². The van der Waals surface area contributed by atoms with Crippen LogP contribution in [0.1, 0.15) is 57.8 Å². The maximum Gasteiger partial charge on any atom is 0.251 e. The summed E-state index contributed by atoms with van der Waals surface area (Å²) in [5.41, 5.74) is 1.40. The molecular formula is C29H44N4O5. The minimum Gasteiger partial charge on any atom is -0.374 e. The first-order valence-electron chi connectivity index (χ1n) is 14.1. The molecule has 3 aliphatic heterocycles. The second-order valence-electron chi connectivity index (χ2n) is 11.8. The number of fused-ring (bicyclic) bond motifs is 1. The molecule has 9 heteroatoms. The summed E-state index contributed by atoms with van der Waals surface area (Å²) in [5, 5.41) is 2.98. The molecule has 0 radical (unpaired) electrons. The number of rotatable bonds is 9. The monoisotopic (exact) mass is 528 g/mol. The van der Waals surface area contributed by atoms with Crippen LogP contribution in [0.25, 0.3) is 0 Å². The second-order valence-corrected chi connectivity index (χ2v) is 11.8. The van der Waals surface area contributed by atoms with E-state index in [-0.39, 0.29) is 42.3 Å². The summed E-state index contributed by atoms with van der Waals surface area (Å²) in [5.74, 6) is -0.665. The van der Waals surface area contributed by atoms with E-state index in [4.69, 9.17) is 9.47 Å². The third kappa shape index (κ3) is 6.55. The summed E-state index contributed by atoms with van der Waals surface area (Å²) in [4.78, 5) is 46.1. The molecule has 3 fully saturated rings. The van der Waals surface area contributed by atoms with Crippen molar-refractivity contribution in [2.24, 2.45) is 5.41 Å². The van der Waals surface area contributed by atoms with E-state index in [0.717, 1.165) is 38.4 Å². The molecule has 210 valence electrons. The normalized spacial score (nSPS) is 25.0. The van der Waals surface area contributed by atoms with Crippen molar-refractivity contribution in [3.63, 3.8) is 0 Å². The molecular weight excluding hydrogens is 484 g/mol. The molecule has 1 aromatic rings. The number of ether oxygens (including phenoxy) is 2. The van der Waals surface area contributed by atoms with Gasteiger partial charge in [0.15, 0.2) is 5.78 Å². The van der Waals surface area contributed by atoms with Gasteiger partial charge in [0.25, 0.3) is 5.91 Å². The standard InChI is InChI=1S/C29H44N4O5/c1-6-12-31-13-15-32(16-14-31)21-10-8-20(9-11-21)27(35)30-22(17-29(3,4)5)28(36)33-18-24(37-7-2)26-25(33)23(34)19-38-26/h8-11,22,24-26H,6-7,12-19H2,1-5H3,(H,30,35)/t22-,24-,25+,26+/m0/s1. The molecule has 0 aliphatic carbocycles. The molecule has 0 aromatic heterocycles. The van der Waals surface area contributed by atoms with E-state index < -0.39 is 18.2 Å². The number of anilines is 1. The maximum absolute atomic E-state index is 13.8. The van der Waals surface area contributed by atoms with Crippen LogP contribution in [0.2, 0.25) is 0 Å². The quantitative estimate of drug-likeness (QED) is 0.526. The number of benzene rings is 1. The average Bonchev–Trinajstić information content (AvgIpc) is 3.44. The van der Waals surface area contributed by atoms with Crippen LogP contribution < -0.4 is 10.2 Å². The molecule has 0 bridgehead atoms. The minimum atomic E-state index is -0.761. The molecule has 38 heavy (non-hydrogen) atoms. The highest BCUT2D eigenvalue weighted by Crippen LogP contribution is 2.31. The molecule has 3 saturated heterocycles. The number of likely N-dealkylation sites (tertiary alicyclic amines) is 1. The highest BCUT2D eigenvalue weighted by Gasteiger charge is 2.53. The van der Waals surface area contributed by atoms with Crippen molar-refractivity contribution in [3.8, 4) is 0 Å². The fourth-order valence-corrected chi connectivity index (χ4v) is 5.82. The molecule has 0 spiro atoms. The van der Waals surface area contributed by atoms with Gasteiger partial charge in [-0.1, -0.05) is 27.7 Å². The van der Waals surface area contributed by atoms with E-state index in [1.165, 1.54) is 6.42 Å². The number of amides is 2. The molecule has 4 atom stereocenters. The molecule has 0 saturated carbocycles. The van der Waals surface area contributed by atoms with Gasteiger partial charge in [0.05, 0.1) is 6.54 Å². The first-order valence-corrected chi connectivity index (χ1v) is 14.1. The predicted molar refractivity (Wildman–Crippen MR) is 146 cm³/mol. The number of piperazine rings is 1. The van der Waals surface area contributed by atoms with E-state index in [0.29, 0.717) is 18.6 Å². The van der Waals surface area contributed by atoms with Gasteiger partial charge in [0.1, 0.15) is 30.9 Å². The zero-order valence-electron chi connectivity index (χ0n) is 23.6. The summed E-state index contributed by atoms with van der Waals surface area (Å²) in [6, 6.07) is 6.20. The second kappa shape index (κ2) is 12.1. The Balaban J connectivity index is 1.44. The Morgan fingerprint density at radius 3 is 2.39 bits per heavy atom. The van der Waals surface area contributed by atoms with Crippen molar-refractivity contribution >= 4 is 23.3 Å². The maximum atomic E-state index is 13.8. The minimum absolute atomic E-state index is 0.0149. The van der Waals surface area contributed by atoms with Gasteiger partial charge in [0.2, 0.25) is 5.91 Å². The van der Waals surface area contributed by atoms with Gasteiger partial charge in [-0.3, -0.25) is 19.3 Å². The highest BCUT2D eigenvalue weighted by molar-refractivity contribution is 5.99. The highest BCUT2D eigenvalue weighted by atomic mass is 16.6. The number of nitrogens with one attached hydrogen (secondary N) is 1. The van der Waals surface area contributed by atoms with Crippen molar-refractivity contribution in [2.45, 2.75) is 71.8 Å². The summed E-state index contributed by atoms with van der Waals surface area (Å²) < 4.78 is 11.5. The Kier molecular flexibility index (Phi) is 9.11. The Morgan fingerprint density at radius 2 is 1.79 bits per heavy atom. The van der Waals surface area contributed by atoms with Crippen molar-refractivity contribution < 1.29 is 23.9 Å². The molecule has 3 heterocycles. The fourth-order valence-electron chi connectivity index (χ4n) is 5.82. The Morgan fingerprint density at radius 1 is 1.11 bits per heavy atom. The summed E-state index contributed by atoms with van der Waals surface area (Å²) in [6.45, 7) is 16.1. The van der Waals surface area contributed by atoms with E-state index in [1.54, 1.807) is 4.90 Å². The lowest BCUT2D eigenvalue weighted by molar-refractivity contribution is -0.139. The van der Waals surface area contributed by atoms with Crippen LogP contribution in [0.15, 0.2) is 24.3 Å². The van der Waals surface area contributed by atoms with E-state index >= 15 is 0 Å². The third-order valence-corrected chi connectivity index (χ3v) is 7.63. The van der Waals surface area contributed by atoms with Crippen molar-refractivity contribution in [1.29, 1.82) is 0 Å². The first-order chi connectivity index (χ1) is 18.1. The number of Topliss-reactive ketones (excluding diaryl/α,β-unsaturated/α-hetero) is 1. The lowest BCUT2D eigenvalue weighted by atomic mass is 9.87. The summed E-state index contributed by atoms with van der Waals surface area (Å²) in [6.07, 6.45) is 0.815. The molecule has 4 rings (SSSR count). The number of ketones is 1. The Hall–Kier alpha value is -2.49. The first kappa shape index (κ1) is 28.5. The van der Waals surface area contributed by atoms with E-state index in [2.05, 4.69) is 22.0 Å². The Bertz CT molecular complexity index is 984. The van der Waals surface area contributed by atoms with Gasteiger partial charge >= 0.3 is 0 Å². The van der Waals surface area contributed by atoms with Gasteiger partial charge in [0, 0.05) is 44.0 Å². The third-order valence-electron chi connectivity index (χ3n) is 7.63. The van der Waals surface area contributed by atoms with Gasteiger partial charge < -0.3 is 24.6 Å². The topological polar surface area (TPSA) is 91.4 Å². The summed E-state index contributed by atoms with van der Waals surface area (Å²) in [7, 11) is 0. The van der Waals surface area contributed by atoms with Crippen molar-refractivity contribution in [3.05, 3.63) is 29.8 Å². The zero-order chi connectivity index (χ0) is 27.4. The van der Waals surface area contributed by atoms with Gasteiger partial charge in [-0.05, 0) is 56.0 Å². The summed E-state index contributed by atoms with van der Waals surface area (Å²) >= 11 is 0. The average molecular weight is 529 g/mol. The van der Waals surface area contributed by atoms with Crippen LogP contribution in [-0.2, 0) is 19.1 Å². The van der Waals surface area contributed by atoms with Crippen molar-refractivity contribution in [2.75, 3.05) is 57.4 Å². The molecule has 9 nitrogen and oxygen atoms in total. The van der Waals surface area contributed by atoms with Crippen molar-refractivity contribution in [1.82, 2.24) is 15.1 Å². The molecule has 3 aliphatic rings. The molecule has 1 N–H and O–H groups in total. The Labute approximate surface area is 226 Å². The van der Waals surface area contributed by atoms with Crippen LogP contribution in [0.5, 0.6) is 0 Å². The number of hydrogen-bond acceptors (Lipinski definition) is 7. The van der Waals surface area contributed by atoms with Gasteiger partial charge in [-0.25, -0.2) is 0 Å². The van der Waals surface area contributed by atoms with Crippen LogP contribution in [-0.4, -0.2) is 104 Å². The van der Waals surface area contributed by atoms with E-state index in [9.17, 15) is 14.4 Å². The number of nitrogens with zero attached hydrogens (tertiary/aromatic N) is 3. The van der Waals surface area contributed by atoms with Crippen LogP contribution in [0.4, 0.5) is 5.69 Å². The molecule has 1 aromatic carbocycles. The number of carbonyl (C=O) groups is 3. The molecule has 2 amide bonds. The zero-order valence-corrected chi connectivity index (χ0v) is 23.6. The van der Waals surface area contributed by atoms with Crippen LogP contribution in [0, 0.1) is 5.41 Å². The SMILES string of the molecule is CCCN1CCN(c2ccc(C(=O)N[C@@H](CC(C)(C)C)C(=O)N3C[C@H](OCC)[C@H]4OCC(=O)[C@H]43)cc2)CC1. The van der Waals surface area contributed by atoms with Gasteiger partial charge in [-0.15, -0.1) is 0 Å². The fraction of sp³-hybridized carbons (Fsp3) is 0.690.